The zero-order chi connectivity index (χ0) is 20.2. The van der Waals surface area contributed by atoms with E-state index in [1.54, 1.807) is 0 Å². The minimum Gasteiger partial charge on any atom is -0.322 e. The Labute approximate surface area is 155 Å². The van der Waals surface area contributed by atoms with Crippen molar-refractivity contribution in [2.45, 2.75) is 24.7 Å². The monoisotopic (exact) mass is 400 g/mol. The Balaban J connectivity index is 2.27. The Bertz CT molecular complexity index is 933. The number of sulfonamides is 1. The van der Waals surface area contributed by atoms with Crippen molar-refractivity contribution in [3.8, 4) is 0 Å². The Hall–Kier alpha value is -2.39. The summed E-state index contributed by atoms with van der Waals surface area (Å²) < 4.78 is 65.0. The molecule has 5 nitrogen and oxygen atoms in total. The molecular formula is C18H19F3N2O3S. The van der Waals surface area contributed by atoms with E-state index in [1.165, 1.54) is 35.6 Å². The predicted molar refractivity (Wildman–Crippen MR) is 95.9 cm³/mol. The van der Waals surface area contributed by atoms with Gasteiger partial charge in [-0.15, -0.1) is 0 Å². The van der Waals surface area contributed by atoms with Gasteiger partial charge in [-0.05, 0) is 42.8 Å². The van der Waals surface area contributed by atoms with Crippen molar-refractivity contribution in [1.29, 1.82) is 0 Å². The number of carbonyl (C=O) groups is 1. The molecule has 0 aliphatic carbocycles. The first kappa shape index (κ1) is 20.9. The molecule has 0 radical (unpaired) electrons. The largest absolute Gasteiger partial charge is 0.322 e. The van der Waals surface area contributed by atoms with Crippen molar-refractivity contribution in [3.63, 3.8) is 0 Å². The van der Waals surface area contributed by atoms with E-state index in [-0.39, 0.29) is 16.1 Å². The van der Waals surface area contributed by atoms with Crippen molar-refractivity contribution in [2.75, 3.05) is 18.9 Å². The molecule has 0 unspecified atom stereocenters. The van der Waals surface area contributed by atoms with E-state index >= 15 is 0 Å². The van der Waals surface area contributed by atoms with Crippen LogP contribution in [0, 0.1) is 5.82 Å². The van der Waals surface area contributed by atoms with E-state index in [4.69, 9.17) is 0 Å². The van der Waals surface area contributed by atoms with Crippen LogP contribution < -0.4 is 5.32 Å². The minimum atomic E-state index is -3.75. The van der Waals surface area contributed by atoms with Gasteiger partial charge in [0.25, 0.3) is 12.3 Å². The molecular weight excluding hydrogens is 381 g/mol. The fourth-order valence-electron chi connectivity index (χ4n) is 2.40. The van der Waals surface area contributed by atoms with Crippen LogP contribution in [0.4, 0.5) is 18.9 Å². The fourth-order valence-corrected chi connectivity index (χ4v) is 3.71. The molecule has 0 bridgehead atoms. The van der Waals surface area contributed by atoms with E-state index in [2.05, 4.69) is 5.32 Å². The summed E-state index contributed by atoms with van der Waals surface area (Å²) >= 11 is 0. The minimum absolute atomic E-state index is 0.0203. The van der Waals surface area contributed by atoms with Gasteiger partial charge in [-0.1, -0.05) is 13.0 Å². The number of nitrogens with zero attached hydrogens (tertiary/aromatic N) is 1. The number of halogens is 3. The van der Waals surface area contributed by atoms with Gasteiger partial charge in [0, 0.05) is 24.8 Å². The molecule has 0 saturated heterocycles. The van der Waals surface area contributed by atoms with Gasteiger partial charge in [-0.25, -0.2) is 25.9 Å². The molecule has 0 aromatic heterocycles. The molecule has 27 heavy (non-hydrogen) atoms. The number of alkyl halides is 2. The molecule has 0 spiro atoms. The summed E-state index contributed by atoms with van der Waals surface area (Å²) in [6, 6.07) is 8.20. The van der Waals surface area contributed by atoms with Crippen LogP contribution in [-0.4, -0.2) is 32.2 Å². The third-order valence-corrected chi connectivity index (χ3v) is 5.68. The Kier molecular flexibility index (Phi) is 6.61. The fraction of sp³-hybridized carbons (Fsp3) is 0.278. The first-order chi connectivity index (χ1) is 12.7. The van der Waals surface area contributed by atoms with E-state index in [1.807, 2.05) is 6.92 Å². The average Bonchev–Trinajstić information content (AvgIpc) is 2.63. The zero-order valence-corrected chi connectivity index (χ0v) is 15.6. The van der Waals surface area contributed by atoms with Crippen molar-refractivity contribution in [2.24, 2.45) is 0 Å². The first-order valence-electron chi connectivity index (χ1n) is 8.12. The number of anilines is 1. The van der Waals surface area contributed by atoms with Crippen LogP contribution in [0.15, 0.2) is 47.4 Å². The van der Waals surface area contributed by atoms with Gasteiger partial charge < -0.3 is 5.32 Å². The zero-order valence-electron chi connectivity index (χ0n) is 14.7. The summed E-state index contributed by atoms with van der Waals surface area (Å²) in [7, 11) is -2.31. The van der Waals surface area contributed by atoms with Crippen molar-refractivity contribution in [1.82, 2.24) is 4.31 Å². The van der Waals surface area contributed by atoms with Crippen LogP contribution in [0.25, 0.3) is 0 Å². The van der Waals surface area contributed by atoms with Crippen LogP contribution >= 0.6 is 0 Å². The number of nitrogens with one attached hydrogen (secondary N) is 1. The van der Waals surface area contributed by atoms with Crippen LogP contribution in [-0.2, 0) is 10.0 Å². The van der Waals surface area contributed by atoms with Crippen molar-refractivity contribution in [3.05, 3.63) is 59.4 Å². The highest BCUT2D eigenvalue weighted by Crippen LogP contribution is 2.25. The maximum absolute atomic E-state index is 13.3. The second-order valence-electron chi connectivity index (χ2n) is 5.85. The lowest BCUT2D eigenvalue weighted by atomic mass is 10.1. The normalized spacial score (nSPS) is 11.8. The van der Waals surface area contributed by atoms with E-state index in [0.29, 0.717) is 13.0 Å². The topological polar surface area (TPSA) is 66.5 Å². The highest BCUT2D eigenvalue weighted by atomic mass is 32.2. The van der Waals surface area contributed by atoms with Gasteiger partial charge >= 0.3 is 0 Å². The molecule has 2 aromatic carbocycles. The average molecular weight is 400 g/mol. The van der Waals surface area contributed by atoms with Crippen molar-refractivity contribution < 1.29 is 26.4 Å². The highest BCUT2D eigenvalue weighted by Gasteiger charge is 2.21. The number of carbonyl (C=O) groups excluding carboxylic acids is 1. The van der Waals surface area contributed by atoms with Crippen molar-refractivity contribution >= 4 is 21.6 Å². The molecule has 2 aromatic rings. The Morgan fingerprint density at radius 3 is 2.52 bits per heavy atom. The SMILES string of the molecule is CCCN(C)S(=O)(=O)c1cccc(C(=O)Nc2ccc(F)c(C(F)F)c2)c1. The third kappa shape index (κ3) is 4.86. The lowest BCUT2D eigenvalue weighted by Crippen LogP contribution is -2.27. The van der Waals surface area contributed by atoms with Crippen LogP contribution in [0.5, 0.6) is 0 Å². The molecule has 0 fully saturated rings. The summed E-state index contributed by atoms with van der Waals surface area (Å²) in [5.41, 5.74) is -0.817. The second-order valence-corrected chi connectivity index (χ2v) is 7.89. The molecule has 9 heteroatoms. The maximum Gasteiger partial charge on any atom is 0.266 e. The molecule has 0 atom stereocenters. The molecule has 146 valence electrons. The Morgan fingerprint density at radius 1 is 1.19 bits per heavy atom. The lowest BCUT2D eigenvalue weighted by Gasteiger charge is -2.16. The van der Waals surface area contributed by atoms with E-state index in [0.717, 1.165) is 18.2 Å². The van der Waals surface area contributed by atoms with Crippen LogP contribution in [0.1, 0.15) is 35.7 Å². The molecule has 0 saturated carbocycles. The van der Waals surface area contributed by atoms with E-state index in [9.17, 15) is 26.4 Å². The summed E-state index contributed by atoms with van der Waals surface area (Å²) in [5, 5.41) is 2.37. The molecule has 0 aliphatic heterocycles. The van der Waals surface area contributed by atoms with Gasteiger partial charge in [0.05, 0.1) is 10.5 Å². The maximum atomic E-state index is 13.3. The molecule has 0 aliphatic rings. The number of rotatable bonds is 7. The van der Waals surface area contributed by atoms with Gasteiger partial charge in [0.2, 0.25) is 10.0 Å². The lowest BCUT2D eigenvalue weighted by molar-refractivity contribution is 0.102. The predicted octanol–water partition coefficient (Wildman–Crippen LogP) is 4.05. The molecule has 1 amide bonds. The summed E-state index contributed by atoms with van der Waals surface area (Å²) in [6.07, 6.45) is -2.39. The Morgan fingerprint density at radius 2 is 1.89 bits per heavy atom. The smallest absolute Gasteiger partial charge is 0.266 e. The summed E-state index contributed by atoms with van der Waals surface area (Å²) in [6.45, 7) is 2.16. The second kappa shape index (κ2) is 8.53. The van der Waals surface area contributed by atoms with Crippen LogP contribution in [0.3, 0.4) is 0 Å². The molecule has 0 heterocycles. The quantitative estimate of drug-likeness (QED) is 0.763. The molecule has 1 N–H and O–H groups in total. The first-order valence-corrected chi connectivity index (χ1v) is 9.56. The number of benzene rings is 2. The highest BCUT2D eigenvalue weighted by molar-refractivity contribution is 7.89. The van der Waals surface area contributed by atoms with Gasteiger partial charge in [-0.2, -0.15) is 0 Å². The number of amides is 1. The van der Waals surface area contributed by atoms with Gasteiger partial charge in [0.1, 0.15) is 5.82 Å². The van der Waals surface area contributed by atoms with Crippen LogP contribution in [0.2, 0.25) is 0 Å². The number of hydrogen-bond donors (Lipinski definition) is 1. The summed E-state index contributed by atoms with van der Waals surface area (Å²) in [5.74, 6) is -1.77. The molecule has 2 rings (SSSR count). The standard InChI is InChI=1S/C18H19F3N2O3S/c1-3-9-23(2)27(25,26)14-6-4-5-12(10-14)18(24)22-13-7-8-16(19)15(11-13)17(20)21/h4-8,10-11,17H,3,9H2,1-2H3,(H,22,24). The van der Waals surface area contributed by atoms with E-state index < -0.39 is 33.7 Å². The summed E-state index contributed by atoms with van der Waals surface area (Å²) in [4.78, 5) is 12.3. The van der Waals surface area contributed by atoms with Gasteiger partial charge in [0.15, 0.2) is 0 Å². The van der Waals surface area contributed by atoms with Gasteiger partial charge in [-0.3, -0.25) is 4.79 Å². The third-order valence-electron chi connectivity index (χ3n) is 3.83. The number of hydrogen-bond acceptors (Lipinski definition) is 3.